The van der Waals surface area contributed by atoms with Crippen molar-refractivity contribution in [3.63, 3.8) is 0 Å². The van der Waals surface area contributed by atoms with Gasteiger partial charge in [-0.2, -0.15) is 0 Å². The highest BCUT2D eigenvalue weighted by Crippen LogP contribution is 2.15. The molecule has 1 aromatic rings. The Balaban J connectivity index is 2.66. The van der Waals surface area contributed by atoms with E-state index < -0.39 is 0 Å². The van der Waals surface area contributed by atoms with Crippen LogP contribution in [0.15, 0.2) is 24.3 Å². The van der Waals surface area contributed by atoms with E-state index in [4.69, 9.17) is 0 Å². The quantitative estimate of drug-likeness (QED) is 0.725. The van der Waals surface area contributed by atoms with Crippen molar-refractivity contribution in [2.45, 2.75) is 33.1 Å². The van der Waals surface area contributed by atoms with Gasteiger partial charge >= 0.3 is 0 Å². The van der Waals surface area contributed by atoms with Gasteiger partial charge in [-0.1, -0.05) is 26.0 Å². The van der Waals surface area contributed by atoms with Crippen LogP contribution in [0.1, 0.15) is 32.3 Å². The summed E-state index contributed by atoms with van der Waals surface area (Å²) in [5, 5.41) is 0. The highest BCUT2D eigenvalue weighted by atomic mass is 19.1. The predicted molar refractivity (Wildman–Crippen MR) is 59.2 cm³/mol. The molecule has 82 valence electrons. The summed E-state index contributed by atoms with van der Waals surface area (Å²) < 4.78 is 12.7. The third kappa shape index (κ3) is 3.46. The number of rotatable bonds is 5. The van der Waals surface area contributed by atoms with Crippen LogP contribution in [0.4, 0.5) is 4.39 Å². The third-order valence-electron chi connectivity index (χ3n) is 2.69. The van der Waals surface area contributed by atoms with Crippen LogP contribution in [0.5, 0.6) is 0 Å². The molecule has 15 heavy (non-hydrogen) atoms. The lowest BCUT2D eigenvalue weighted by Crippen LogP contribution is -2.15. The van der Waals surface area contributed by atoms with Crippen molar-refractivity contribution in [2.24, 2.45) is 5.92 Å². The Labute approximate surface area is 90.3 Å². The van der Waals surface area contributed by atoms with Crippen molar-refractivity contribution < 1.29 is 9.18 Å². The maximum atomic E-state index is 12.7. The van der Waals surface area contributed by atoms with Gasteiger partial charge in [0.05, 0.1) is 0 Å². The highest BCUT2D eigenvalue weighted by molar-refractivity contribution is 5.80. The second kappa shape index (κ2) is 5.64. The van der Waals surface area contributed by atoms with Gasteiger partial charge < -0.3 is 0 Å². The number of halogens is 1. The minimum Gasteiger partial charge on any atom is -0.299 e. The summed E-state index contributed by atoms with van der Waals surface area (Å²) in [7, 11) is 0. The Hall–Kier alpha value is -1.18. The number of hydrogen-bond acceptors (Lipinski definition) is 1. The van der Waals surface area contributed by atoms with E-state index in [1.165, 1.54) is 12.1 Å². The molecule has 0 aliphatic rings. The number of ketones is 1. The largest absolute Gasteiger partial charge is 0.299 e. The zero-order valence-corrected chi connectivity index (χ0v) is 9.29. The summed E-state index contributed by atoms with van der Waals surface area (Å²) in [5.41, 5.74) is 1.03. The second-order valence-electron chi connectivity index (χ2n) is 3.76. The zero-order valence-electron chi connectivity index (χ0n) is 9.29. The van der Waals surface area contributed by atoms with E-state index in [1.54, 1.807) is 12.1 Å². The van der Waals surface area contributed by atoms with E-state index in [-0.39, 0.29) is 11.7 Å². The van der Waals surface area contributed by atoms with Gasteiger partial charge in [-0.3, -0.25) is 4.79 Å². The van der Waals surface area contributed by atoms with E-state index >= 15 is 0 Å². The lowest BCUT2D eigenvalue weighted by Gasteiger charge is -2.12. The first-order valence-electron chi connectivity index (χ1n) is 5.44. The predicted octanol–water partition coefficient (Wildman–Crippen LogP) is 3.37. The average molecular weight is 208 g/mol. The van der Waals surface area contributed by atoms with Crippen LogP contribution < -0.4 is 0 Å². The van der Waals surface area contributed by atoms with Crippen LogP contribution in [0, 0.1) is 11.7 Å². The summed E-state index contributed by atoms with van der Waals surface area (Å²) in [6.07, 6.45) is 2.16. The molecule has 0 amide bonds. The molecule has 0 saturated heterocycles. The maximum absolute atomic E-state index is 12.7. The molecule has 1 unspecified atom stereocenters. The first-order chi connectivity index (χ1) is 7.17. The standard InChI is InChI=1S/C13H17FO/c1-3-11(13(15)4-2)9-10-5-7-12(14)8-6-10/h5-8,11H,3-4,9H2,1-2H3. The number of hydrogen-bond donors (Lipinski definition) is 0. The minimum absolute atomic E-state index is 0.0838. The number of carbonyl (C=O) groups excluding carboxylic acids is 1. The van der Waals surface area contributed by atoms with Gasteiger partial charge in [-0.05, 0) is 30.5 Å². The van der Waals surface area contributed by atoms with Crippen LogP contribution >= 0.6 is 0 Å². The molecule has 1 aromatic carbocycles. The third-order valence-corrected chi connectivity index (χ3v) is 2.69. The van der Waals surface area contributed by atoms with Gasteiger partial charge in [0.2, 0.25) is 0 Å². The van der Waals surface area contributed by atoms with Crippen molar-refractivity contribution in [1.82, 2.24) is 0 Å². The first kappa shape index (κ1) is 11.9. The molecule has 0 heterocycles. The van der Waals surface area contributed by atoms with E-state index in [9.17, 15) is 9.18 Å². The first-order valence-corrected chi connectivity index (χ1v) is 5.44. The summed E-state index contributed by atoms with van der Waals surface area (Å²) in [6, 6.07) is 6.39. The number of Topliss-reactive ketones (excluding diaryl/α,β-unsaturated/α-hetero) is 1. The SMILES string of the molecule is CCC(=O)C(CC)Cc1ccc(F)cc1. The van der Waals surface area contributed by atoms with Gasteiger partial charge in [0.15, 0.2) is 0 Å². The molecule has 0 aliphatic carbocycles. The molecule has 1 rings (SSSR count). The Kier molecular flexibility index (Phi) is 4.47. The van der Waals surface area contributed by atoms with Crippen molar-refractivity contribution in [3.8, 4) is 0 Å². The van der Waals surface area contributed by atoms with E-state index in [1.807, 2.05) is 13.8 Å². The molecule has 0 bridgehead atoms. The van der Waals surface area contributed by atoms with E-state index in [0.717, 1.165) is 18.4 Å². The fourth-order valence-corrected chi connectivity index (χ4v) is 1.68. The minimum atomic E-state index is -0.228. The smallest absolute Gasteiger partial charge is 0.136 e. The molecular formula is C13H17FO. The van der Waals surface area contributed by atoms with Crippen LogP contribution in [0.3, 0.4) is 0 Å². The Morgan fingerprint density at radius 3 is 2.33 bits per heavy atom. The van der Waals surface area contributed by atoms with Gasteiger partial charge in [0, 0.05) is 12.3 Å². The number of carbonyl (C=O) groups is 1. The molecule has 1 atom stereocenters. The van der Waals surface area contributed by atoms with Gasteiger partial charge in [-0.25, -0.2) is 4.39 Å². The molecule has 0 spiro atoms. The molecule has 1 nitrogen and oxygen atoms in total. The monoisotopic (exact) mass is 208 g/mol. The fraction of sp³-hybridized carbons (Fsp3) is 0.462. The molecule has 0 radical (unpaired) electrons. The van der Waals surface area contributed by atoms with Gasteiger partial charge in [0.1, 0.15) is 11.6 Å². The molecule has 2 heteroatoms. The van der Waals surface area contributed by atoms with E-state index in [0.29, 0.717) is 12.2 Å². The van der Waals surface area contributed by atoms with Crippen molar-refractivity contribution in [2.75, 3.05) is 0 Å². The lowest BCUT2D eigenvalue weighted by molar-refractivity contribution is -0.122. The van der Waals surface area contributed by atoms with E-state index in [2.05, 4.69) is 0 Å². The number of benzene rings is 1. The molecular weight excluding hydrogens is 191 g/mol. The molecule has 0 saturated carbocycles. The summed E-state index contributed by atoms with van der Waals surface area (Å²) in [6.45, 7) is 3.90. The van der Waals surface area contributed by atoms with Gasteiger partial charge in [-0.15, -0.1) is 0 Å². The lowest BCUT2D eigenvalue weighted by atomic mass is 9.92. The summed E-state index contributed by atoms with van der Waals surface area (Å²) in [4.78, 5) is 11.5. The highest BCUT2D eigenvalue weighted by Gasteiger charge is 2.14. The zero-order chi connectivity index (χ0) is 11.3. The molecule has 0 aliphatic heterocycles. The molecule has 0 fully saturated rings. The summed E-state index contributed by atoms with van der Waals surface area (Å²) >= 11 is 0. The second-order valence-corrected chi connectivity index (χ2v) is 3.76. The Bertz CT molecular complexity index is 316. The van der Waals surface area contributed by atoms with Crippen LogP contribution in [0.25, 0.3) is 0 Å². The van der Waals surface area contributed by atoms with Crippen LogP contribution in [-0.4, -0.2) is 5.78 Å². The van der Waals surface area contributed by atoms with Gasteiger partial charge in [0.25, 0.3) is 0 Å². The maximum Gasteiger partial charge on any atom is 0.136 e. The fourth-order valence-electron chi connectivity index (χ4n) is 1.68. The van der Waals surface area contributed by atoms with Crippen molar-refractivity contribution in [3.05, 3.63) is 35.6 Å². The molecule has 0 aromatic heterocycles. The average Bonchev–Trinajstić information content (AvgIpc) is 2.27. The Morgan fingerprint density at radius 1 is 1.27 bits per heavy atom. The molecule has 0 N–H and O–H groups in total. The normalized spacial score (nSPS) is 12.5. The van der Waals surface area contributed by atoms with Crippen molar-refractivity contribution in [1.29, 1.82) is 0 Å². The van der Waals surface area contributed by atoms with Crippen LogP contribution in [0.2, 0.25) is 0 Å². The topological polar surface area (TPSA) is 17.1 Å². The van der Waals surface area contributed by atoms with Crippen LogP contribution in [-0.2, 0) is 11.2 Å². The Morgan fingerprint density at radius 2 is 1.87 bits per heavy atom. The van der Waals surface area contributed by atoms with Crippen molar-refractivity contribution >= 4 is 5.78 Å². The summed E-state index contributed by atoms with van der Waals surface area (Å²) in [5.74, 6) is 0.149.